The number of methoxy groups -OCH3 is 1. The van der Waals surface area contributed by atoms with Crippen LogP contribution >= 0.6 is 0 Å². The fourth-order valence-electron chi connectivity index (χ4n) is 3.04. The molecule has 0 bridgehead atoms. The predicted molar refractivity (Wildman–Crippen MR) is 142 cm³/mol. The summed E-state index contributed by atoms with van der Waals surface area (Å²) >= 11 is 0. The summed E-state index contributed by atoms with van der Waals surface area (Å²) in [7, 11) is 1.20. The Hall–Kier alpha value is -3.34. The highest BCUT2D eigenvalue weighted by molar-refractivity contribution is 5.81. The molecule has 1 atom stereocenters. The van der Waals surface area contributed by atoms with Crippen molar-refractivity contribution in [2.24, 2.45) is 11.1 Å². The van der Waals surface area contributed by atoms with E-state index < -0.39 is 46.4 Å². The molecule has 0 aliphatic heterocycles. The summed E-state index contributed by atoms with van der Waals surface area (Å²) in [6.45, 7) is 15.3. The monoisotopic (exact) mass is 553 g/mol. The molecule has 0 aromatic heterocycles. The van der Waals surface area contributed by atoms with Gasteiger partial charge in [0.05, 0.1) is 19.1 Å². The third kappa shape index (κ3) is 11.5. The highest BCUT2D eigenvalue weighted by Gasteiger charge is 2.37. The van der Waals surface area contributed by atoms with Crippen LogP contribution < -0.4 is 15.2 Å². The number of benzene rings is 1. The van der Waals surface area contributed by atoms with Crippen molar-refractivity contribution in [1.82, 2.24) is 0 Å². The highest BCUT2D eigenvalue weighted by Crippen LogP contribution is 2.32. The topological polar surface area (TPSA) is 150 Å². The van der Waals surface area contributed by atoms with Crippen molar-refractivity contribution >= 4 is 24.2 Å². The van der Waals surface area contributed by atoms with Crippen molar-refractivity contribution in [3.05, 3.63) is 23.8 Å². The molecule has 0 saturated heterocycles. The molecule has 0 aliphatic carbocycles. The van der Waals surface area contributed by atoms with Crippen molar-refractivity contribution in [2.75, 3.05) is 13.7 Å². The Labute approximate surface area is 230 Å². The third-order valence-electron chi connectivity index (χ3n) is 5.50. The molecule has 1 aromatic carbocycles. The second kappa shape index (κ2) is 13.1. The summed E-state index contributed by atoms with van der Waals surface area (Å²) in [5.41, 5.74) is 2.95. The minimum absolute atomic E-state index is 0.0381. The van der Waals surface area contributed by atoms with Gasteiger partial charge in [0.2, 0.25) is 0 Å². The SMILES string of the molecule is CCC(C)(C)C(=O)OCC[C@@](N)(Cc1ccc(OC(=O)OC(C)(C)C)c(OC(=O)OC(C)(C)C)c1)C(=O)OC. The number of carbonyl (C=O) groups is 4. The quantitative estimate of drug-likeness (QED) is 0.234. The van der Waals surface area contributed by atoms with Gasteiger partial charge in [-0.3, -0.25) is 9.59 Å². The van der Waals surface area contributed by atoms with E-state index in [1.807, 2.05) is 6.92 Å². The van der Waals surface area contributed by atoms with Crippen LogP contribution in [-0.4, -0.2) is 54.7 Å². The molecule has 0 fully saturated rings. The molecule has 11 heteroatoms. The summed E-state index contributed by atoms with van der Waals surface area (Å²) in [4.78, 5) is 49.7. The molecule has 0 spiro atoms. The van der Waals surface area contributed by atoms with Crippen molar-refractivity contribution in [3.63, 3.8) is 0 Å². The molecule has 0 saturated carbocycles. The predicted octanol–water partition coefficient (Wildman–Crippen LogP) is 5.10. The van der Waals surface area contributed by atoms with Crippen LogP contribution in [0.5, 0.6) is 11.5 Å². The average Bonchev–Trinajstić information content (AvgIpc) is 2.77. The molecule has 0 aliphatic rings. The first-order chi connectivity index (χ1) is 17.7. The molecule has 1 rings (SSSR count). The van der Waals surface area contributed by atoms with Crippen molar-refractivity contribution in [2.45, 2.75) is 98.3 Å². The lowest BCUT2D eigenvalue weighted by molar-refractivity contribution is -0.157. The maximum Gasteiger partial charge on any atom is 0.514 e. The highest BCUT2D eigenvalue weighted by atomic mass is 16.8. The standard InChI is InChI=1S/C28H43NO10/c1-11-27(8,9)21(30)35-15-14-28(29,22(31)34-10)17-18-12-13-19(36-23(32)38-25(2,3)4)20(16-18)37-24(33)39-26(5,6)7/h12-13,16H,11,14-15,17,29H2,1-10H3/t28-/m1/s1. The van der Waals surface area contributed by atoms with E-state index in [9.17, 15) is 19.2 Å². The molecule has 39 heavy (non-hydrogen) atoms. The fraction of sp³-hybridized carbons (Fsp3) is 0.643. The molecule has 220 valence electrons. The minimum Gasteiger partial charge on any atom is -0.468 e. The normalized spacial score (nSPS) is 13.5. The second-order valence-corrected chi connectivity index (χ2v) is 11.9. The Kier molecular flexibility index (Phi) is 11.4. The summed E-state index contributed by atoms with van der Waals surface area (Å²) in [6, 6.07) is 4.30. The number of rotatable bonds is 10. The van der Waals surface area contributed by atoms with Gasteiger partial charge < -0.3 is 34.2 Å². The molecule has 1 aromatic rings. The van der Waals surface area contributed by atoms with Gasteiger partial charge in [-0.1, -0.05) is 13.0 Å². The van der Waals surface area contributed by atoms with Crippen LogP contribution in [0, 0.1) is 5.41 Å². The summed E-state index contributed by atoms with van der Waals surface area (Å²) in [6.07, 6.45) is -1.58. The molecule has 0 radical (unpaired) electrons. The van der Waals surface area contributed by atoms with Crippen LogP contribution in [0.4, 0.5) is 9.59 Å². The lowest BCUT2D eigenvalue weighted by Gasteiger charge is -2.28. The van der Waals surface area contributed by atoms with E-state index in [0.717, 1.165) is 0 Å². The van der Waals surface area contributed by atoms with Gasteiger partial charge in [-0.2, -0.15) is 0 Å². The van der Waals surface area contributed by atoms with Gasteiger partial charge in [-0.05, 0) is 79.5 Å². The summed E-state index contributed by atoms with van der Waals surface area (Å²) in [5.74, 6) is -1.41. The molecular weight excluding hydrogens is 510 g/mol. The Morgan fingerprint density at radius 2 is 1.31 bits per heavy atom. The zero-order valence-corrected chi connectivity index (χ0v) is 24.7. The van der Waals surface area contributed by atoms with Gasteiger partial charge in [-0.15, -0.1) is 0 Å². The van der Waals surface area contributed by atoms with Gasteiger partial charge in [0, 0.05) is 12.8 Å². The molecule has 0 amide bonds. The van der Waals surface area contributed by atoms with Gasteiger partial charge in [0.25, 0.3) is 0 Å². The first kappa shape index (κ1) is 33.7. The first-order valence-electron chi connectivity index (χ1n) is 12.7. The number of hydrogen-bond acceptors (Lipinski definition) is 11. The second-order valence-electron chi connectivity index (χ2n) is 11.9. The Bertz CT molecular complexity index is 1040. The Balaban J connectivity index is 3.26. The first-order valence-corrected chi connectivity index (χ1v) is 12.7. The molecule has 11 nitrogen and oxygen atoms in total. The molecular formula is C28H43NO10. The lowest BCUT2D eigenvalue weighted by Crippen LogP contribution is -2.51. The average molecular weight is 554 g/mol. The van der Waals surface area contributed by atoms with E-state index >= 15 is 0 Å². The van der Waals surface area contributed by atoms with E-state index in [0.29, 0.717) is 12.0 Å². The maximum atomic E-state index is 12.7. The number of nitrogens with two attached hydrogens (primary N) is 1. The van der Waals surface area contributed by atoms with E-state index in [2.05, 4.69) is 0 Å². The smallest absolute Gasteiger partial charge is 0.468 e. The fourth-order valence-corrected chi connectivity index (χ4v) is 3.04. The van der Waals surface area contributed by atoms with Gasteiger partial charge in [-0.25, -0.2) is 9.59 Å². The van der Waals surface area contributed by atoms with Crippen LogP contribution in [0.2, 0.25) is 0 Å². The van der Waals surface area contributed by atoms with E-state index in [-0.39, 0.29) is 30.9 Å². The lowest BCUT2D eigenvalue weighted by atomic mass is 9.88. The van der Waals surface area contributed by atoms with Crippen LogP contribution in [0.25, 0.3) is 0 Å². The third-order valence-corrected chi connectivity index (χ3v) is 5.50. The minimum atomic E-state index is -1.58. The van der Waals surface area contributed by atoms with Crippen LogP contribution in [0.3, 0.4) is 0 Å². The van der Waals surface area contributed by atoms with Crippen molar-refractivity contribution in [1.29, 1.82) is 0 Å². The molecule has 0 unspecified atom stereocenters. The van der Waals surface area contributed by atoms with Gasteiger partial charge in [0.15, 0.2) is 11.5 Å². The number of carbonyl (C=O) groups excluding carboxylic acids is 4. The van der Waals surface area contributed by atoms with Gasteiger partial charge in [0.1, 0.15) is 16.7 Å². The Morgan fingerprint density at radius 3 is 1.77 bits per heavy atom. The summed E-state index contributed by atoms with van der Waals surface area (Å²) < 4.78 is 31.3. The van der Waals surface area contributed by atoms with Crippen molar-refractivity contribution < 1.29 is 47.6 Å². The zero-order valence-electron chi connectivity index (χ0n) is 24.7. The van der Waals surface area contributed by atoms with Crippen LogP contribution in [0.1, 0.15) is 80.7 Å². The van der Waals surface area contributed by atoms with Crippen LogP contribution in [-0.2, 0) is 35.0 Å². The number of hydrogen-bond donors (Lipinski definition) is 1. The van der Waals surface area contributed by atoms with Crippen molar-refractivity contribution in [3.8, 4) is 11.5 Å². The largest absolute Gasteiger partial charge is 0.514 e. The number of esters is 2. The van der Waals surface area contributed by atoms with E-state index in [4.69, 9.17) is 34.2 Å². The molecule has 2 N–H and O–H groups in total. The zero-order chi connectivity index (χ0) is 30.2. The van der Waals surface area contributed by atoms with Crippen LogP contribution in [0.15, 0.2) is 18.2 Å². The number of ether oxygens (including phenoxy) is 6. The Morgan fingerprint density at radius 1 is 0.795 bits per heavy atom. The maximum absolute atomic E-state index is 12.7. The van der Waals surface area contributed by atoms with E-state index in [1.54, 1.807) is 61.5 Å². The molecule has 0 heterocycles. The van der Waals surface area contributed by atoms with Gasteiger partial charge >= 0.3 is 24.2 Å². The summed E-state index contributed by atoms with van der Waals surface area (Å²) in [5, 5.41) is 0. The van der Waals surface area contributed by atoms with E-state index in [1.165, 1.54) is 19.2 Å².